The van der Waals surface area contributed by atoms with Crippen LogP contribution in [0.2, 0.25) is 0 Å². The lowest BCUT2D eigenvalue weighted by Crippen LogP contribution is -2.27. The van der Waals surface area contributed by atoms with E-state index in [-0.39, 0.29) is 11.6 Å². The minimum atomic E-state index is -0.260. The van der Waals surface area contributed by atoms with Gasteiger partial charge in [-0.15, -0.1) is 5.10 Å². The Hall–Kier alpha value is -2.25. The number of carbonyl (C=O) groups is 1. The van der Waals surface area contributed by atoms with Gasteiger partial charge in [0.1, 0.15) is 0 Å². The molecule has 0 spiro atoms. The number of rotatable bonds is 4. The van der Waals surface area contributed by atoms with Gasteiger partial charge in [0.25, 0.3) is 5.91 Å². The molecule has 0 aliphatic heterocycles. The van der Waals surface area contributed by atoms with Crippen LogP contribution in [-0.2, 0) is 6.54 Å². The molecule has 8 nitrogen and oxygen atoms in total. The van der Waals surface area contributed by atoms with Crippen LogP contribution in [0.3, 0.4) is 0 Å². The fraction of sp³-hybridized carbons (Fsp3) is 0.286. The predicted octanol–water partition coefficient (Wildman–Crippen LogP) is -1.17. The second kappa shape index (κ2) is 4.31. The minimum absolute atomic E-state index is 0.260. The van der Waals surface area contributed by atoms with Gasteiger partial charge in [0.15, 0.2) is 5.69 Å². The number of nitrogens with zero attached hydrogens (tertiary/aromatic N) is 5. The van der Waals surface area contributed by atoms with Crippen LogP contribution in [-0.4, -0.2) is 42.9 Å². The zero-order chi connectivity index (χ0) is 10.5. The Morgan fingerprint density at radius 3 is 3.20 bits per heavy atom. The lowest BCUT2D eigenvalue weighted by molar-refractivity contribution is 0.0947. The summed E-state index contributed by atoms with van der Waals surface area (Å²) >= 11 is 0. The van der Waals surface area contributed by atoms with Crippen LogP contribution >= 0.6 is 0 Å². The van der Waals surface area contributed by atoms with Gasteiger partial charge in [-0.1, -0.05) is 5.21 Å². The third-order valence-electron chi connectivity index (χ3n) is 1.75. The van der Waals surface area contributed by atoms with E-state index in [9.17, 15) is 4.79 Å². The molecule has 15 heavy (non-hydrogen) atoms. The molecule has 0 atom stereocenters. The lowest BCUT2D eigenvalue weighted by atomic mass is 10.4. The zero-order valence-corrected chi connectivity index (χ0v) is 7.79. The molecule has 2 N–H and O–H groups in total. The maximum absolute atomic E-state index is 11.4. The maximum Gasteiger partial charge on any atom is 0.273 e. The number of hydrogen-bond donors (Lipinski definition) is 2. The second-order valence-corrected chi connectivity index (χ2v) is 2.78. The molecule has 0 aromatic carbocycles. The Labute approximate surface area is 84.7 Å². The number of nitrogens with one attached hydrogen (secondary N) is 2. The first-order valence-electron chi connectivity index (χ1n) is 4.34. The molecule has 0 fully saturated rings. The van der Waals surface area contributed by atoms with Gasteiger partial charge >= 0.3 is 0 Å². The summed E-state index contributed by atoms with van der Waals surface area (Å²) in [5, 5.41) is 19.6. The summed E-state index contributed by atoms with van der Waals surface area (Å²) in [6.07, 6.45) is 4.67. The van der Waals surface area contributed by atoms with Crippen LogP contribution in [0.15, 0.2) is 18.6 Å². The van der Waals surface area contributed by atoms with Crippen LogP contribution in [0, 0.1) is 0 Å². The van der Waals surface area contributed by atoms with E-state index in [1.165, 1.54) is 6.20 Å². The van der Waals surface area contributed by atoms with E-state index in [1.807, 2.05) is 0 Å². The predicted molar refractivity (Wildman–Crippen MR) is 48.7 cm³/mol. The van der Waals surface area contributed by atoms with Crippen molar-refractivity contribution in [3.63, 3.8) is 0 Å². The quantitative estimate of drug-likeness (QED) is 0.657. The molecule has 0 bridgehead atoms. The Balaban J connectivity index is 1.77. The molecular weight excluding hydrogens is 198 g/mol. The summed E-state index contributed by atoms with van der Waals surface area (Å²) in [7, 11) is 0. The summed E-state index contributed by atoms with van der Waals surface area (Å²) in [4.78, 5) is 11.4. The highest BCUT2D eigenvalue weighted by Gasteiger charge is 2.06. The van der Waals surface area contributed by atoms with E-state index in [0.717, 1.165) is 0 Å². The molecule has 78 valence electrons. The highest BCUT2D eigenvalue weighted by Crippen LogP contribution is 1.87. The Morgan fingerprint density at radius 2 is 2.53 bits per heavy atom. The first-order chi connectivity index (χ1) is 7.36. The highest BCUT2D eigenvalue weighted by molar-refractivity contribution is 5.91. The zero-order valence-electron chi connectivity index (χ0n) is 7.79. The molecule has 0 saturated heterocycles. The van der Waals surface area contributed by atoms with E-state index in [1.54, 1.807) is 17.1 Å². The van der Waals surface area contributed by atoms with Crippen molar-refractivity contribution in [3.8, 4) is 0 Å². The number of amides is 1. The van der Waals surface area contributed by atoms with Crippen LogP contribution in [0.25, 0.3) is 0 Å². The van der Waals surface area contributed by atoms with Crippen molar-refractivity contribution < 1.29 is 4.79 Å². The molecule has 2 rings (SSSR count). The topological polar surface area (TPSA) is 101 Å². The fourth-order valence-corrected chi connectivity index (χ4v) is 1.04. The van der Waals surface area contributed by atoms with Gasteiger partial charge in [0.05, 0.1) is 18.9 Å². The maximum atomic E-state index is 11.4. The van der Waals surface area contributed by atoms with Gasteiger partial charge in [-0.3, -0.25) is 9.48 Å². The number of aromatic amines is 1. The van der Waals surface area contributed by atoms with Crippen molar-refractivity contribution in [3.05, 3.63) is 24.3 Å². The smallest absolute Gasteiger partial charge is 0.273 e. The SMILES string of the molecule is O=C(NCCn1ccnn1)c1cn[nH]n1. The average Bonchev–Trinajstić information content (AvgIpc) is 2.90. The van der Waals surface area contributed by atoms with Gasteiger partial charge in [-0.05, 0) is 0 Å². The third-order valence-corrected chi connectivity index (χ3v) is 1.75. The molecule has 2 aromatic heterocycles. The van der Waals surface area contributed by atoms with Crippen LogP contribution in [0.5, 0.6) is 0 Å². The van der Waals surface area contributed by atoms with E-state index >= 15 is 0 Å². The summed E-state index contributed by atoms with van der Waals surface area (Å²) in [6, 6.07) is 0. The molecule has 0 aliphatic rings. The molecular formula is C7H9N7O. The van der Waals surface area contributed by atoms with Crippen LogP contribution in [0.4, 0.5) is 0 Å². The van der Waals surface area contributed by atoms with Crippen LogP contribution < -0.4 is 5.32 Å². The minimum Gasteiger partial charge on any atom is -0.349 e. The molecule has 1 amide bonds. The van der Waals surface area contributed by atoms with E-state index < -0.39 is 0 Å². The van der Waals surface area contributed by atoms with Crippen molar-refractivity contribution >= 4 is 5.91 Å². The van der Waals surface area contributed by atoms with E-state index in [2.05, 4.69) is 31.0 Å². The number of aromatic nitrogens is 6. The first kappa shape index (κ1) is 9.31. The molecule has 0 radical (unpaired) electrons. The molecule has 2 aromatic rings. The number of H-pyrrole nitrogens is 1. The van der Waals surface area contributed by atoms with Gasteiger partial charge in [-0.25, -0.2) is 0 Å². The van der Waals surface area contributed by atoms with Crippen LogP contribution in [0.1, 0.15) is 10.5 Å². The highest BCUT2D eigenvalue weighted by atomic mass is 16.1. The molecule has 0 aliphatic carbocycles. The molecule has 0 unspecified atom stereocenters. The standard InChI is InChI=1S/C7H9N7O/c15-7(6-5-10-12-11-6)8-1-3-14-4-2-9-13-14/h2,4-5H,1,3H2,(H,8,15)(H,10,11,12). The second-order valence-electron chi connectivity index (χ2n) is 2.78. The average molecular weight is 207 g/mol. The Kier molecular flexibility index (Phi) is 2.68. The molecule has 0 saturated carbocycles. The van der Waals surface area contributed by atoms with Gasteiger partial charge in [-0.2, -0.15) is 15.4 Å². The van der Waals surface area contributed by atoms with E-state index in [0.29, 0.717) is 13.1 Å². The summed E-state index contributed by atoms with van der Waals surface area (Å²) < 4.78 is 1.63. The number of hydrogen-bond acceptors (Lipinski definition) is 5. The third kappa shape index (κ3) is 2.36. The van der Waals surface area contributed by atoms with Crippen molar-refractivity contribution in [2.75, 3.05) is 6.54 Å². The summed E-state index contributed by atoms with van der Waals surface area (Å²) in [5.74, 6) is -0.260. The van der Waals surface area contributed by atoms with Crippen molar-refractivity contribution in [1.82, 2.24) is 35.7 Å². The normalized spacial score (nSPS) is 10.1. The molecule has 8 heteroatoms. The Morgan fingerprint density at radius 1 is 1.60 bits per heavy atom. The Bertz CT molecular complexity index is 406. The summed E-state index contributed by atoms with van der Waals surface area (Å²) in [5.41, 5.74) is 0.272. The van der Waals surface area contributed by atoms with Gasteiger partial charge in [0.2, 0.25) is 0 Å². The van der Waals surface area contributed by atoms with E-state index in [4.69, 9.17) is 0 Å². The van der Waals surface area contributed by atoms with Gasteiger partial charge in [0, 0.05) is 12.7 Å². The van der Waals surface area contributed by atoms with Gasteiger partial charge < -0.3 is 5.32 Å². The lowest BCUT2D eigenvalue weighted by Gasteiger charge is -2.01. The fourth-order valence-electron chi connectivity index (χ4n) is 1.04. The number of carbonyl (C=O) groups excluding carboxylic acids is 1. The first-order valence-corrected chi connectivity index (χ1v) is 4.34. The molecule has 2 heterocycles. The summed E-state index contributed by atoms with van der Waals surface area (Å²) in [6.45, 7) is 1.04. The van der Waals surface area contributed by atoms with Crippen molar-refractivity contribution in [1.29, 1.82) is 0 Å². The largest absolute Gasteiger partial charge is 0.349 e. The van der Waals surface area contributed by atoms with Crippen molar-refractivity contribution in [2.45, 2.75) is 6.54 Å². The van der Waals surface area contributed by atoms with Crippen molar-refractivity contribution in [2.24, 2.45) is 0 Å². The monoisotopic (exact) mass is 207 g/mol.